The molecule has 2 heterocycles. The second kappa shape index (κ2) is 9.51. The molecule has 2 N–H and O–H groups in total. The number of anilines is 2. The number of furan rings is 1. The molecule has 0 spiro atoms. The summed E-state index contributed by atoms with van der Waals surface area (Å²) >= 11 is 1.24. The largest absolute Gasteiger partial charge is 0.495 e. The molecule has 176 valence electrons. The van der Waals surface area contributed by atoms with Crippen LogP contribution in [0.3, 0.4) is 0 Å². The number of thioether (sulfide) groups is 1. The summed E-state index contributed by atoms with van der Waals surface area (Å²) in [4.78, 5) is 24.1. The van der Waals surface area contributed by atoms with Gasteiger partial charge in [-0.15, -0.1) is 10.2 Å². The van der Waals surface area contributed by atoms with Crippen molar-refractivity contribution in [3.8, 4) is 11.4 Å². The molecule has 0 saturated carbocycles. The van der Waals surface area contributed by atoms with E-state index in [4.69, 9.17) is 9.15 Å². The number of para-hydroxylation sites is 1. The third-order valence-electron chi connectivity index (χ3n) is 5.27. The minimum absolute atomic E-state index is 0.103. The number of nitrogens with one attached hydrogen (secondary N) is 2. The summed E-state index contributed by atoms with van der Waals surface area (Å²) in [6.07, 6.45) is 1.56. The van der Waals surface area contributed by atoms with E-state index in [0.717, 1.165) is 22.0 Å². The Labute approximate surface area is 204 Å². The van der Waals surface area contributed by atoms with Gasteiger partial charge in [-0.2, -0.15) is 0 Å². The Kier molecular flexibility index (Phi) is 6.11. The highest BCUT2D eigenvalue weighted by Gasteiger charge is 2.16. The van der Waals surface area contributed by atoms with Gasteiger partial charge in [-0.25, -0.2) is 0 Å². The number of rotatable bonds is 7. The van der Waals surface area contributed by atoms with E-state index in [1.54, 1.807) is 30.1 Å². The summed E-state index contributed by atoms with van der Waals surface area (Å²) in [6.45, 7) is 1.45. The van der Waals surface area contributed by atoms with Gasteiger partial charge in [0, 0.05) is 29.4 Å². The number of nitrogens with zero attached hydrogens (tertiary/aromatic N) is 3. The van der Waals surface area contributed by atoms with Gasteiger partial charge in [0.1, 0.15) is 23.2 Å². The quantitative estimate of drug-likeness (QED) is 0.315. The molecule has 10 heteroatoms. The second-order valence-corrected chi connectivity index (χ2v) is 8.64. The van der Waals surface area contributed by atoms with Crippen molar-refractivity contribution in [2.45, 2.75) is 12.1 Å². The molecule has 5 rings (SSSR count). The number of hydrogen-bond donors (Lipinski definition) is 2. The maximum absolute atomic E-state index is 12.8. The molecule has 0 aliphatic carbocycles. The number of carbonyl (C=O) groups is 2. The average Bonchev–Trinajstić information content (AvgIpc) is 3.46. The molecule has 0 unspecified atom stereocenters. The first-order valence-corrected chi connectivity index (χ1v) is 11.7. The minimum Gasteiger partial charge on any atom is -0.495 e. The van der Waals surface area contributed by atoms with Gasteiger partial charge >= 0.3 is 0 Å². The second-order valence-electron chi connectivity index (χ2n) is 7.70. The fraction of sp³-hybridized carbons (Fsp3) is 0.120. The van der Waals surface area contributed by atoms with E-state index in [2.05, 4.69) is 20.8 Å². The van der Waals surface area contributed by atoms with Crippen molar-refractivity contribution in [1.82, 2.24) is 14.8 Å². The summed E-state index contributed by atoms with van der Waals surface area (Å²) in [5.74, 6) is 0.255. The zero-order chi connectivity index (χ0) is 24.4. The first-order chi connectivity index (χ1) is 17.0. The molecule has 9 nitrogen and oxygen atoms in total. The van der Waals surface area contributed by atoms with E-state index in [1.807, 2.05) is 48.5 Å². The predicted octanol–water partition coefficient (Wildman–Crippen LogP) is 4.86. The lowest BCUT2D eigenvalue weighted by Gasteiger charge is -2.11. The van der Waals surface area contributed by atoms with Crippen LogP contribution in [0.4, 0.5) is 11.4 Å². The molecule has 0 atom stereocenters. The van der Waals surface area contributed by atoms with Gasteiger partial charge in [-0.05, 0) is 30.3 Å². The summed E-state index contributed by atoms with van der Waals surface area (Å²) in [6, 6.07) is 18.7. The third kappa shape index (κ3) is 4.69. The molecule has 5 aromatic rings. The smallest absolute Gasteiger partial charge is 0.234 e. The molecule has 0 aliphatic rings. The van der Waals surface area contributed by atoms with E-state index in [0.29, 0.717) is 27.9 Å². The van der Waals surface area contributed by atoms with Crippen LogP contribution in [0.15, 0.2) is 76.6 Å². The maximum Gasteiger partial charge on any atom is 0.234 e. The monoisotopic (exact) mass is 487 g/mol. The van der Waals surface area contributed by atoms with Crippen molar-refractivity contribution in [2.24, 2.45) is 0 Å². The Morgan fingerprint density at radius 1 is 1.03 bits per heavy atom. The number of fused-ring (bicyclic) bond motifs is 3. The van der Waals surface area contributed by atoms with E-state index in [-0.39, 0.29) is 17.6 Å². The van der Waals surface area contributed by atoms with Gasteiger partial charge < -0.3 is 19.8 Å². The van der Waals surface area contributed by atoms with Crippen LogP contribution in [0.5, 0.6) is 5.75 Å². The Morgan fingerprint density at radius 2 is 1.89 bits per heavy atom. The Balaban J connectivity index is 1.32. The highest BCUT2D eigenvalue weighted by atomic mass is 32.2. The van der Waals surface area contributed by atoms with Gasteiger partial charge in [0.25, 0.3) is 0 Å². The fourth-order valence-electron chi connectivity index (χ4n) is 3.77. The fourth-order valence-corrected chi connectivity index (χ4v) is 4.50. The number of carbonyl (C=O) groups excluding carboxylic acids is 2. The highest BCUT2D eigenvalue weighted by Crippen LogP contribution is 2.36. The number of ether oxygens (including phenoxy) is 1. The molecular formula is C25H21N5O4S. The van der Waals surface area contributed by atoms with E-state index < -0.39 is 0 Å². The van der Waals surface area contributed by atoms with Crippen LogP contribution in [0.1, 0.15) is 6.92 Å². The Morgan fingerprint density at radius 3 is 2.71 bits per heavy atom. The van der Waals surface area contributed by atoms with E-state index in [1.165, 1.54) is 18.7 Å². The van der Waals surface area contributed by atoms with Gasteiger partial charge in [-0.1, -0.05) is 36.0 Å². The van der Waals surface area contributed by atoms with Crippen molar-refractivity contribution >= 4 is 56.9 Å². The molecule has 2 aromatic heterocycles. The van der Waals surface area contributed by atoms with Gasteiger partial charge in [0.15, 0.2) is 5.16 Å². The molecular weight excluding hydrogens is 466 g/mol. The number of methoxy groups -OCH3 is 1. The number of hydrogen-bond acceptors (Lipinski definition) is 7. The van der Waals surface area contributed by atoms with Crippen LogP contribution in [0, 0.1) is 0 Å². The van der Waals surface area contributed by atoms with Gasteiger partial charge in [-0.3, -0.25) is 14.2 Å². The molecule has 2 amide bonds. The average molecular weight is 488 g/mol. The highest BCUT2D eigenvalue weighted by molar-refractivity contribution is 7.99. The zero-order valence-electron chi connectivity index (χ0n) is 18.9. The van der Waals surface area contributed by atoms with E-state index in [9.17, 15) is 9.59 Å². The molecule has 0 saturated heterocycles. The van der Waals surface area contributed by atoms with Crippen LogP contribution in [0.2, 0.25) is 0 Å². The van der Waals surface area contributed by atoms with E-state index >= 15 is 0 Å². The Bertz CT molecular complexity index is 1560. The lowest BCUT2D eigenvalue weighted by atomic mass is 10.1. The SMILES string of the molecule is COc1cc2c(cc1NC(=O)CSc1nncn1-c1cccc(NC(C)=O)c1)oc1ccccc12. The predicted molar refractivity (Wildman–Crippen MR) is 135 cm³/mol. The van der Waals surface area contributed by atoms with Crippen molar-refractivity contribution in [3.05, 3.63) is 67.0 Å². The van der Waals surface area contributed by atoms with Crippen LogP contribution < -0.4 is 15.4 Å². The number of benzene rings is 3. The molecule has 3 aromatic carbocycles. The maximum atomic E-state index is 12.8. The summed E-state index contributed by atoms with van der Waals surface area (Å²) < 4.78 is 13.2. The van der Waals surface area contributed by atoms with Crippen LogP contribution in [0.25, 0.3) is 27.6 Å². The van der Waals surface area contributed by atoms with Crippen molar-refractivity contribution in [1.29, 1.82) is 0 Å². The topological polar surface area (TPSA) is 111 Å². The molecule has 0 bridgehead atoms. The first kappa shape index (κ1) is 22.5. The normalized spacial score (nSPS) is 11.0. The minimum atomic E-state index is -0.231. The molecule has 0 radical (unpaired) electrons. The van der Waals surface area contributed by atoms with Crippen LogP contribution in [-0.2, 0) is 9.59 Å². The number of aromatic nitrogens is 3. The number of amides is 2. The molecule has 35 heavy (non-hydrogen) atoms. The van der Waals surface area contributed by atoms with Crippen LogP contribution >= 0.6 is 11.8 Å². The van der Waals surface area contributed by atoms with Crippen molar-refractivity contribution in [3.63, 3.8) is 0 Å². The lowest BCUT2D eigenvalue weighted by Crippen LogP contribution is -2.15. The summed E-state index contributed by atoms with van der Waals surface area (Å²) in [7, 11) is 1.56. The van der Waals surface area contributed by atoms with Gasteiger partial charge in [0.05, 0.1) is 24.2 Å². The zero-order valence-corrected chi connectivity index (χ0v) is 19.8. The first-order valence-electron chi connectivity index (χ1n) is 10.7. The Hall–Kier alpha value is -4.31. The third-order valence-corrected chi connectivity index (χ3v) is 6.21. The summed E-state index contributed by atoms with van der Waals surface area (Å²) in [5, 5.41) is 16.2. The standard InChI is InChI=1S/C25H21N5O4S/c1-15(31)27-16-6-5-7-17(10-16)30-14-26-29-25(30)35-13-24(32)28-20-12-22-19(11-23(20)33-2)18-8-3-4-9-21(18)34-22/h3-12,14H,13H2,1-2H3,(H,27,31)(H,28,32). The van der Waals surface area contributed by atoms with Gasteiger partial charge in [0.2, 0.25) is 11.8 Å². The lowest BCUT2D eigenvalue weighted by molar-refractivity contribution is -0.114. The van der Waals surface area contributed by atoms with Crippen molar-refractivity contribution < 1.29 is 18.7 Å². The van der Waals surface area contributed by atoms with Crippen LogP contribution in [-0.4, -0.2) is 39.4 Å². The molecule has 0 fully saturated rings. The van der Waals surface area contributed by atoms with Crippen molar-refractivity contribution in [2.75, 3.05) is 23.5 Å². The summed E-state index contributed by atoms with van der Waals surface area (Å²) in [5.41, 5.74) is 3.38. The molecule has 0 aliphatic heterocycles.